The van der Waals surface area contributed by atoms with Crippen LogP contribution in [0.1, 0.15) is 11.6 Å². The Bertz CT molecular complexity index is 815. The van der Waals surface area contributed by atoms with Gasteiger partial charge in [-0.3, -0.25) is 4.21 Å². The fourth-order valence-corrected chi connectivity index (χ4v) is 3.38. The van der Waals surface area contributed by atoms with E-state index in [1.807, 2.05) is 0 Å². The molecule has 0 radical (unpaired) electrons. The van der Waals surface area contributed by atoms with Gasteiger partial charge in [0.2, 0.25) is 5.16 Å². The molecule has 2 atom stereocenters. The average molecular weight is 369 g/mol. The summed E-state index contributed by atoms with van der Waals surface area (Å²) in [6.07, 6.45) is 3.63. The summed E-state index contributed by atoms with van der Waals surface area (Å²) in [4.78, 5) is 23.3. The molecule has 0 saturated carbocycles. The summed E-state index contributed by atoms with van der Waals surface area (Å²) in [5, 5.41) is 0.397. The predicted molar refractivity (Wildman–Crippen MR) is 90.3 cm³/mol. The second kappa shape index (κ2) is 6.45. The second-order valence-electron chi connectivity index (χ2n) is 5.35. The summed E-state index contributed by atoms with van der Waals surface area (Å²) < 4.78 is 25.9. The lowest BCUT2D eigenvalue weighted by Gasteiger charge is -2.40. The maximum atomic E-state index is 14.3. The number of fused-ring (bicyclic) bond motifs is 1. The van der Waals surface area contributed by atoms with E-state index in [1.165, 1.54) is 24.6 Å². The summed E-state index contributed by atoms with van der Waals surface area (Å²) in [6, 6.07) is 3.57. The van der Waals surface area contributed by atoms with Crippen molar-refractivity contribution in [3.8, 4) is 0 Å². The maximum absolute atomic E-state index is 14.3. The van der Waals surface area contributed by atoms with Gasteiger partial charge in [-0.1, -0.05) is 17.7 Å². The molecule has 2 aromatic rings. The van der Waals surface area contributed by atoms with Crippen molar-refractivity contribution in [1.82, 2.24) is 9.97 Å². The Balaban J connectivity index is 2.13. The standard InChI is InChI=1S/C15H14ClFN4O2S/c1-20-8-21(13-10(16)4-3-5-11(13)17)12(7-22)9-6-18-15(24(2)23)19-14(9)20/h3-7,12H,8H2,1-2H3. The molecule has 0 amide bonds. The van der Waals surface area contributed by atoms with Gasteiger partial charge >= 0.3 is 0 Å². The first kappa shape index (κ1) is 16.8. The van der Waals surface area contributed by atoms with E-state index < -0.39 is 22.7 Å². The lowest BCUT2D eigenvalue weighted by Crippen LogP contribution is -2.45. The van der Waals surface area contributed by atoms with E-state index in [4.69, 9.17) is 11.6 Å². The van der Waals surface area contributed by atoms with E-state index in [0.717, 1.165) is 0 Å². The third-order valence-electron chi connectivity index (χ3n) is 3.77. The van der Waals surface area contributed by atoms with Crippen molar-refractivity contribution >= 4 is 40.2 Å². The molecule has 1 aromatic carbocycles. The average Bonchev–Trinajstić information content (AvgIpc) is 2.54. The highest BCUT2D eigenvalue weighted by Gasteiger charge is 2.34. The number of carbonyl (C=O) groups is 1. The van der Waals surface area contributed by atoms with Crippen molar-refractivity contribution in [1.29, 1.82) is 0 Å². The molecule has 126 valence electrons. The van der Waals surface area contributed by atoms with Gasteiger partial charge in [0.25, 0.3) is 0 Å². The van der Waals surface area contributed by atoms with Crippen LogP contribution in [0.25, 0.3) is 0 Å². The maximum Gasteiger partial charge on any atom is 0.220 e. The normalized spacial score (nSPS) is 18.2. The smallest absolute Gasteiger partial charge is 0.220 e. The molecule has 0 saturated heterocycles. The number of halogens is 2. The van der Waals surface area contributed by atoms with E-state index >= 15 is 0 Å². The SMILES string of the molecule is CN1CN(c2c(F)cccc2Cl)C(C=O)c2cnc(S(C)=O)nc21. The fraction of sp³-hybridized carbons (Fsp3) is 0.267. The molecule has 24 heavy (non-hydrogen) atoms. The second-order valence-corrected chi connectivity index (χ2v) is 7.03. The van der Waals surface area contributed by atoms with Gasteiger partial charge in [-0.2, -0.15) is 0 Å². The Labute approximate surface area is 145 Å². The number of para-hydroxylation sites is 1. The van der Waals surface area contributed by atoms with Crippen molar-refractivity contribution in [3.63, 3.8) is 0 Å². The summed E-state index contributed by atoms with van der Waals surface area (Å²) in [7, 11) is 0.408. The first-order valence-electron chi connectivity index (χ1n) is 7.01. The minimum atomic E-state index is -1.34. The van der Waals surface area contributed by atoms with Gasteiger partial charge in [-0.15, -0.1) is 0 Å². The molecule has 0 bridgehead atoms. The molecule has 0 aliphatic carbocycles. The van der Waals surface area contributed by atoms with Crippen LogP contribution in [0, 0.1) is 5.82 Å². The molecule has 1 aliphatic heterocycles. The molecule has 1 aromatic heterocycles. The highest BCUT2D eigenvalue weighted by atomic mass is 35.5. The number of rotatable bonds is 3. The van der Waals surface area contributed by atoms with Crippen LogP contribution in [0.2, 0.25) is 5.02 Å². The van der Waals surface area contributed by atoms with E-state index in [9.17, 15) is 13.4 Å². The molecule has 0 spiro atoms. The van der Waals surface area contributed by atoms with Crippen molar-refractivity contribution in [3.05, 3.63) is 40.8 Å². The van der Waals surface area contributed by atoms with Crippen molar-refractivity contribution < 1.29 is 13.4 Å². The number of benzene rings is 1. The molecule has 9 heteroatoms. The molecular formula is C15H14ClFN4O2S. The first-order chi connectivity index (χ1) is 11.4. The van der Waals surface area contributed by atoms with Gasteiger partial charge < -0.3 is 14.6 Å². The number of anilines is 2. The van der Waals surface area contributed by atoms with E-state index in [2.05, 4.69) is 9.97 Å². The zero-order valence-corrected chi connectivity index (χ0v) is 14.5. The minimum Gasteiger partial charge on any atom is -0.341 e. The van der Waals surface area contributed by atoms with Crippen LogP contribution in [0.5, 0.6) is 0 Å². The summed E-state index contributed by atoms with van der Waals surface area (Å²) >= 11 is 6.14. The van der Waals surface area contributed by atoms with Gasteiger partial charge in [-0.05, 0) is 12.1 Å². The lowest BCUT2D eigenvalue weighted by molar-refractivity contribution is -0.109. The van der Waals surface area contributed by atoms with Crippen LogP contribution in [0.3, 0.4) is 0 Å². The highest BCUT2D eigenvalue weighted by Crippen LogP contribution is 2.39. The number of aromatic nitrogens is 2. The van der Waals surface area contributed by atoms with Crippen LogP contribution >= 0.6 is 11.6 Å². The highest BCUT2D eigenvalue weighted by molar-refractivity contribution is 7.84. The number of hydrogen-bond acceptors (Lipinski definition) is 6. The topological polar surface area (TPSA) is 66.4 Å². The Kier molecular flexibility index (Phi) is 4.51. The third-order valence-corrected chi connectivity index (χ3v) is 4.78. The third kappa shape index (κ3) is 2.76. The van der Waals surface area contributed by atoms with Gasteiger partial charge in [-0.25, -0.2) is 14.4 Å². The molecule has 2 heterocycles. The Morgan fingerprint density at radius 2 is 2.21 bits per heavy atom. The molecular weight excluding hydrogens is 355 g/mol. The number of hydrogen-bond donors (Lipinski definition) is 0. The van der Waals surface area contributed by atoms with Crippen molar-refractivity contribution in [2.24, 2.45) is 0 Å². The van der Waals surface area contributed by atoms with Gasteiger partial charge in [0.1, 0.15) is 24.0 Å². The quantitative estimate of drug-likeness (QED) is 0.611. The van der Waals surface area contributed by atoms with Crippen LogP contribution < -0.4 is 9.80 Å². The molecule has 2 unspecified atom stereocenters. The number of nitrogens with zero attached hydrogens (tertiary/aromatic N) is 4. The van der Waals surface area contributed by atoms with E-state index in [0.29, 0.717) is 17.7 Å². The van der Waals surface area contributed by atoms with Gasteiger partial charge in [0.15, 0.2) is 0 Å². The zero-order chi connectivity index (χ0) is 17.4. The Morgan fingerprint density at radius 3 is 2.83 bits per heavy atom. The monoisotopic (exact) mass is 368 g/mol. The summed E-state index contributed by atoms with van der Waals surface area (Å²) in [5.41, 5.74) is 0.657. The number of aldehydes is 1. The van der Waals surface area contributed by atoms with Crippen LogP contribution in [0.4, 0.5) is 15.9 Å². The molecule has 1 aliphatic rings. The van der Waals surface area contributed by atoms with Gasteiger partial charge in [0, 0.05) is 25.1 Å². The van der Waals surface area contributed by atoms with Crippen LogP contribution in [-0.2, 0) is 15.6 Å². The van der Waals surface area contributed by atoms with Crippen LogP contribution in [-0.4, -0.2) is 40.4 Å². The Hall–Kier alpha value is -2.06. The van der Waals surface area contributed by atoms with E-state index in [1.54, 1.807) is 22.9 Å². The fourth-order valence-electron chi connectivity index (χ4n) is 2.69. The summed E-state index contributed by atoms with van der Waals surface area (Å²) in [6.45, 7) is 0.198. The minimum absolute atomic E-state index is 0.150. The van der Waals surface area contributed by atoms with Crippen molar-refractivity contribution in [2.75, 3.05) is 29.8 Å². The molecule has 6 nitrogen and oxygen atoms in total. The number of carbonyl (C=O) groups excluding carboxylic acids is 1. The van der Waals surface area contributed by atoms with Crippen molar-refractivity contribution in [2.45, 2.75) is 11.2 Å². The Morgan fingerprint density at radius 1 is 1.46 bits per heavy atom. The summed E-state index contributed by atoms with van der Waals surface area (Å²) in [5.74, 6) is -0.0191. The van der Waals surface area contributed by atoms with E-state index in [-0.39, 0.29) is 22.5 Å². The first-order valence-corrected chi connectivity index (χ1v) is 8.95. The molecule has 3 rings (SSSR count). The zero-order valence-electron chi connectivity index (χ0n) is 12.9. The van der Waals surface area contributed by atoms with Gasteiger partial charge in [0.05, 0.1) is 28.2 Å². The molecule has 0 fully saturated rings. The van der Waals surface area contributed by atoms with Crippen LogP contribution in [0.15, 0.2) is 29.6 Å². The predicted octanol–water partition coefficient (Wildman–Crippen LogP) is 2.16. The lowest BCUT2D eigenvalue weighted by atomic mass is 10.1. The largest absolute Gasteiger partial charge is 0.341 e. The molecule has 0 N–H and O–H groups in total.